The predicted molar refractivity (Wildman–Crippen MR) is 140 cm³/mol. The van der Waals surface area contributed by atoms with Crippen LogP contribution in [0, 0.1) is 0 Å². The lowest BCUT2D eigenvalue weighted by Gasteiger charge is -2.27. The van der Waals surface area contributed by atoms with E-state index in [9.17, 15) is 19.2 Å². The molecule has 0 saturated carbocycles. The van der Waals surface area contributed by atoms with E-state index >= 15 is 0 Å². The van der Waals surface area contributed by atoms with Crippen LogP contribution in [0.25, 0.3) is 10.4 Å². The van der Waals surface area contributed by atoms with E-state index in [1.165, 1.54) is 0 Å². The van der Waals surface area contributed by atoms with Gasteiger partial charge in [-0.2, -0.15) is 0 Å². The molecule has 1 aromatic rings. The molecular weight excluding hydrogens is 528 g/mol. The third kappa shape index (κ3) is 9.26. The van der Waals surface area contributed by atoms with Crippen LogP contribution in [-0.4, -0.2) is 114 Å². The second-order valence-electron chi connectivity index (χ2n) is 8.62. The summed E-state index contributed by atoms with van der Waals surface area (Å²) >= 11 is 0. The molecule has 1 atom stereocenters. The zero-order chi connectivity index (χ0) is 28.6. The van der Waals surface area contributed by atoms with Crippen LogP contribution in [0.1, 0.15) is 33.6 Å². The van der Waals surface area contributed by atoms with Gasteiger partial charge in [0, 0.05) is 30.1 Å². The van der Waals surface area contributed by atoms with Gasteiger partial charge in [-0.15, -0.1) is 0 Å². The molecule has 0 aromatic heterocycles. The van der Waals surface area contributed by atoms with Crippen LogP contribution >= 0.6 is 0 Å². The largest absolute Gasteiger partial charge is 0.382 e. The highest BCUT2D eigenvalue weighted by atomic mass is 16.6. The highest BCUT2D eigenvalue weighted by Crippen LogP contribution is 2.32. The van der Waals surface area contributed by atoms with Crippen molar-refractivity contribution in [1.29, 1.82) is 0 Å². The molecule has 1 aromatic carbocycles. The average molecular weight is 563 g/mol. The number of ether oxygens (including phenoxy) is 5. The smallest absolute Gasteiger partial charge is 0.264 e. The number of imide groups is 2. The molecule has 4 amide bonds. The van der Waals surface area contributed by atoms with Crippen molar-refractivity contribution in [2.45, 2.75) is 18.9 Å². The number of carbonyl (C=O) groups excluding carboxylic acids is 4. The van der Waals surface area contributed by atoms with Crippen molar-refractivity contribution >= 4 is 29.3 Å². The summed E-state index contributed by atoms with van der Waals surface area (Å²) in [7, 11) is 0. The molecule has 0 aliphatic carbocycles. The fourth-order valence-electron chi connectivity index (χ4n) is 4.05. The lowest BCUT2D eigenvalue weighted by Crippen LogP contribution is -2.54. The molecule has 40 heavy (non-hydrogen) atoms. The number of carbonyl (C=O) groups is 4. The molecule has 2 heterocycles. The molecule has 2 aliphatic heterocycles. The highest BCUT2D eigenvalue weighted by molar-refractivity contribution is 6.25. The molecular formula is C25H34N6O9. The molecule has 2 N–H and O–H groups in total. The van der Waals surface area contributed by atoms with E-state index in [1.54, 1.807) is 18.2 Å². The van der Waals surface area contributed by atoms with Gasteiger partial charge in [0.05, 0.1) is 77.2 Å². The number of benzene rings is 1. The molecule has 1 saturated heterocycles. The Morgan fingerprint density at radius 2 is 1.48 bits per heavy atom. The molecule has 218 valence electrons. The third-order valence-corrected chi connectivity index (χ3v) is 5.92. The molecule has 0 radical (unpaired) electrons. The Kier molecular flexibility index (Phi) is 13.3. The Morgan fingerprint density at radius 1 is 0.875 bits per heavy atom. The maximum Gasteiger partial charge on any atom is 0.264 e. The van der Waals surface area contributed by atoms with Gasteiger partial charge in [-0.1, -0.05) is 11.2 Å². The van der Waals surface area contributed by atoms with E-state index in [-0.39, 0.29) is 24.0 Å². The minimum absolute atomic E-state index is 0.0675. The van der Waals surface area contributed by atoms with Crippen molar-refractivity contribution in [3.63, 3.8) is 0 Å². The van der Waals surface area contributed by atoms with Gasteiger partial charge < -0.3 is 29.0 Å². The van der Waals surface area contributed by atoms with Gasteiger partial charge >= 0.3 is 0 Å². The molecule has 1 fully saturated rings. The Morgan fingerprint density at radius 3 is 2.08 bits per heavy atom. The van der Waals surface area contributed by atoms with Crippen LogP contribution in [-0.2, 0) is 33.3 Å². The van der Waals surface area contributed by atoms with Crippen molar-refractivity contribution in [1.82, 2.24) is 10.2 Å². The summed E-state index contributed by atoms with van der Waals surface area (Å²) in [5.74, 6) is -2.17. The average Bonchev–Trinajstić information content (AvgIpc) is 3.20. The van der Waals surface area contributed by atoms with Crippen LogP contribution in [0.5, 0.6) is 0 Å². The topological polar surface area (TPSA) is 190 Å². The number of hydrogen-bond donors (Lipinski definition) is 2. The molecule has 3 rings (SSSR count). The van der Waals surface area contributed by atoms with Gasteiger partial charge in [0.2, 0.25) is 11.8 Å². The zero-order valence-corrected chi connectivity index (χ0v) is 22.2. The quantitative estimate of drug-likeness (QED) is 0.0759. The minimum atomic E-state index is -1.01. The summed E-state index contributed by atoms with van der Waals surface area (Å²) in [5, 5.41) is 8.66. The zero-order valence-electron chi connectivity index (χ0n) is 22.2. The van der Waals surface area contributed by atoms with E-state index in [0.717, 1.165) is 4.90 Å². The van der Waals surface area contributed by atoms with Gasteiger partial charge in [0.1, 0.15) is 6.04 Å². The van der Waals surface area contributed by atoms with Crippen LogP contribution in [0.15, 0.2) is 23.3 Å². The Bertz CT molecular complexity index is 1080. The first-order valence-electron chi connectivity index (χ1n) is 13.0. The number of piperidine rings is 1. The van der Waals surface area contributed by atoms with Crippen LogP contribution < -0.4 is 10.6 Å². The lowest BCUT2D eigenvalue weighted by molar-refractivity contribution is -0.136. The Hall–Kier alpha value is -3.59. The number of hydrogen-bond acceptors (Lipinski definition) is 11. The summed E-state index contributed by atoms with van der Waals surface area (Å²) in [6.07, 6.45) is 0.173. The van der Waals surface area contributed by atoms with E-state index < -0.39 is 29.7 Å². The Balaban J connectivity index is 1.22. The van der Waals surface area contributed by atoms with E-state index in [1.807, 2.05) is 0 Å². The minimum Gasteiger partial charge on any atom is -0.382 e. The van der Waals surface area contributed by atoms with Gasteiger partial charge in [-0.3, -0.25) is 29.4 Å². The summed E-state index contributed by atoms with van der Waals surface area (Å²) in [6.45, 7) is 4.74. The van der Waals surface area contributed by atoms with Gasteiger partial charge in [0.25, 0.3) is 11.8 Å². The third-order valence-electron chi connectivity index (χ3n) is 5.92. The Labute approximate surface area is 231 Å². The second kappa shape index (κ2) is 17.2. The summed E-state index contributed by atoms with van der Waals surface area (Å²) in [4.78, 5) is 53.2. The van der Waals surface area contributed by atoms with Crippen LogP contribution in [0.2, 0.25) is 0 Å². The summed E-state index contributed by atoms with van der Waals surface area (Å²) in [6, 6.07) is 3.89. The molecule has 1 unspecified atom stereocenters. The van der Waals surface area contributed by atoms with Gasteiger partial charge in [0.15, 0.2) is 0 Å². The maximum absolute atomic E-state index is 13.1. The SMILES string of the molecule is [N-]=[N+]=NCCOCCOCCOCCOCCOCCNc1cccc2c1C(=O)N(C1CCC(=O)NC1=O)C2=O. The molecule has 0 bridgehead atoms. The molecule has 2 aliphatic rings. The van der Waals surface area contributed by atoms with Crippen molar-refractivity contribution in [3.05, 3.63) is 39.8 Å². The number of rotatable bonds is 20. The summed E-state index contributed by atoms with van der Waals surface area (Å²) in [5.41, 5.74) is 9.04. The predicted octanol–water partition coefficient (Wildman–Crippen LogP) is 0.893. The van der Waals surface area contributed by atoms with Gasteiger partial charge in [-0.05, 0) is 24.1 Å². The number of anilines is 1. The maximum atomic E-state index is 13.1. The van der Waals surface area contributed by atoms with Crippen molar-refractivity contribution in [2.75, 3.05) is 84.5 Å². The highest BCUT2D eigenvalue weighted by Gasteiger charge is 2.45. The van der Waals surface area contributed by atoms with Crippen LogP contribution in [0.3, 0.4) is 0 Å². The number of azide groups is 1. The summed E-state index contributed by atoms with van der Waals surface area (Å²) < 4.78 is 27.0. The lowest BCUT2D eigenvalue weighted by atomic mass is 10.0. The molecule has 0 spiro atoms. The fourth-order valence-corrected chi connectivity index (χ4v) is 4.05. The van der Waals surface area contributed by atoms with Crippen LogP contribution in [0.4, 0.5) is 5.69 Å². The van der Waals surface area contributed by atoms with E-state index in [0.29, 0.717) is 84.8 Å². The number of amides is 4. The first-order chi connectivity index (χ1) is 19.5. The number of nitrogens with one attached hydrogen (secondary N) is 2. The van der Waals surface area contributed by atoms with Crippen molar-refractivity contribution < 1.29 is 42.9 Å². The molecule has 15 heteroatoms. The second-order valence-corrected chi connectivity index (χ2v) is 8.62. The van der Waals surface area contributed by atoms with E-state index in [4.69, 9.17) is 29.2 Å². The first kappa shape index (κ1) is 30.9. The van der Waals surface area contributed by atoms with E-state index in [2.05, 4.69) is 20.7 Å². The number of nitrogens with zero attached hydrogens (tertiary/aromatic N) is 4. The fraction of sp³-hybridized carbons (Fsp3) is 0.600. The first-order valence-corrected chi connectivity index (χ1v) is 13.0. The monoisotopic (exact) mass is 562 g/mol. The van der Waals surface area contributed by atoms with Crippen molar-refractivity contribution in [3.8, 4) is 0 Å². The van der Waals surface area contributed by atoms with Gasteiger partial charge in [-0.25, -0.2) is 0 Å². The number of fused-ring (bicyclic) bond motifs is 1. The molecule has 15 nitrogen and oxygen atoms in total. The van der Waals surface area contributed by atoms with Crippen molar-refractivity contribution in [2.24, 2.45) is 5.11 Å². The normalized spacial score (nSPS) is 16.6. The standard InChI is InChI=1S/C25H34N6O9/c26-30-28-7-9-37-11-13-39-15-17-40-16-14-38-12-10-36-8-6-27-19-3-1-2-18-22(19)25(35)31(24(18)34)20-4-5-21(32)29-23(20)33/h1-3,20,27H,4-17H2,(H,29,32,33).